The fourth-order valence-electron chi connectivity index (χ4n) is 0.462. The summed E-state index contributed by atoms with van der Waals surface area (Å²) in [4.78, 5) is 10.4. The van der Waals surface area contributed by atoms with Gasteiger partial charge in [0, 0.05) is 6.04 Å². The number of ketones is 1. The fourth-order valence-corrected chi connectivity index (χ4v) is 0.462. The third-order valence-corrected chi connectivity index (χ3v) is 1.31. The van der Waals surface area contributed by atoms with Crippen LogP contribution in [0.25, 0.3) is 0 Å². The molecule has 1 atom stereocenters. The minimum absolute atomic E-state index is 0.204. The topological polar surface area (TPSA) is 29.1 Å². The monoisotopic (exact) mass is 129 g/mol. The molecule has 0 aromatic heterocycles. The molecule has 2 heteroatoms. The van der Waals surface area contributed by atoms with Gasteiger partial charge < -0.3 is 5.32 Å². The van der Waals surface area contributed by atoms with Gasteiger partial charge in [-0.2, -0.15) is 0 Å². The molecule has 0 spiro atoms. The van der Waals surface area contributed by atoms with Gasteiger partial charge >= 0.3 is 0 Å². The predicted octanol–water partition coefficient (Wildman–Crippen LogP) is 0.964. The lowest BCUT2D eigenvalue weighted by Crippen LogP contribution is -2.29. The molecule has 0 fully saturated rings. The number of carbonyl (C=O) groups excluding carboxylic acids is 1. The lowest BCUT2D eigenvalue weighted by Gasteiger charge is -2.07. The molecule has 0 aliphatic heterocycles. The Hall–Kier alpha value is -0.370. The molecule has 0 aliphatic rings. The van der Waals surface area contributed by atoms with Crippen LogP contribution >= 0.6 is 0 Å². The number of rotatable bonds is 4. The van der Waals surface area contributed by atoms with Gasteiger partial charge in [-0.3, -0.25) is 4.79 Å². The Labute approximate surface area is 56.6 Å². The minimum atomic E-state index is 0.204. The Balaban J connectivity index is 3.16. The third-order valence-electron chi connectivity index (χ3n) is 1.31. The Morgan fingerprint density at radius 3 is 2.56 bits per heavy atom. The van der Waals surface area contributed by atoms with E-state index in [1.54, 1.807) is 6.92 Å². The summed E-state index contributed by atoms with van der Waals surface area (Å²) in [6.07, 6.45) is 1.08. The van der Waals surface area contributed by atoms with Crippen molar-refractivity contribution in [3.8, 4) is 0 Å². The van der Waals surface area contributed by atoms with Crippen molar-refractivity contribution in [1.29, 1.82) is 0 Å². The van der Waals surface area contributed by atoms with Crippen molar-refractivity contribution in [2.45, 2.75) is 33.2 Å². The van der Waals surface area contributed by atoms with Crippen molar-refractivity contribution in [1.82, 2.24) is 5.32 Å². The Morgan fingerprint density at radius 1 is 1.67 bits per heavy atom. The number of hydrogen-bond donors (Lipinski definition) is 1. The van der Waals surface area contributed by atoms with E-state index < -0.39 is 0 Å². The van der Waals surface area contributed by atoms with Crippen LogP contribution in [0.1, 0.15) is 27.2 Å². The highest BCUT2D eigenvalue weighted by Gasteiger charge is 1.97. The second-order valence-corrected chi connectivity index (χ2v) is 2.39. The number of Topliss-reactive ketones (excluding diaryl/α,β-unsaturated/α-hetero) is 1. The lowest BCUT2D eigenvalue weighted by atomic mass is 10.2. The lowest BCUT2D eigenvalue weighted by molar-refractivity contribution is -0.116. The van der Waals surface area contributed by atoms with Gasteiger partial charge in [-0.05, 0) is 20.3 Å². The van der Waals surface area contributed by atoms with Gasteiger partial charge in [0.05, 0.1) is 6.54 Å². The van der Waals surface area contributed by atoms with Crippen LogP contribution in [-0.4, -0.2) is 18.4 Å². The van der Waals surface area contributed by atoms with Crippen molar-refractivity contribution in [3.63, 3.8) is 0 Å². The van der Waals surface area contributed by atoms with E-state index in [9.17, 15) is 4.79 Å². The van der Waals surface area contributed by atoms with E-state index in [1.807, 2.05) is 0 Å². The fraction of sp³-hybridized carbons (Fsp3) is 0.857. The molecule has 0 aromatic carbocycles. The van der Waals surface area contributed by atoms with E-state index in [1.165, 1.54) is 0 Å². The van der Waals surface area contributed by atoms with Crippen molar-refractivity contribution in [2.75, 3.05) is 6.54 Å². The minimum Gasteiger partial charge on any atom is -0.308 e. The van der Waals surface area contributed by atoms with E-state index in [2.05, 4.69) is 19.2 Å². The smallest absolute Gasteiger partial charge is 0.143 e. The summed E-state index contributed by atoms with van der Waals surface area (Å²) in [6, 6.07) is 0.467. The second kappa shape index (κ2) is 4.50. The molecule has 1 N–H and O–H groups in total. The first-order valence-corrected chi connectivity index (χ1v) is 3.39. The van der Waals surface area contributed by atoms with E-state index in [-0.39, 0.29) is 5.78 Å². The van der Waals surface area contributed by atoms with Crippen molar-refractivity contribution in [2.24, 2.45) is 0 Å². The molecule has 0 aliphatic carbocycles. The highest BCUT2D eigenvalue weighted by atomic mass is 16.1. The van der Waals surface area contributed by atoms with Crippen LogP contribution in [0.15, 0.2) is 0 Å². The summed E-state index contributed by atoms with van der Waals surface area (Å²) in [5, 5.41) is 3.08. The standard InChI is InChI=1S/C7H15NO/c1-4-6(2)8-5-7(3)9/h6,8H,4-5H2,1-3H3/t6-/m0/s1. The maximum atomic E-state index is 10.4. The van der Waals surface area contributed by atoms with Gasteiger partial charge in [-0.25, -0.2) is 0 Å². The van der Waals surface area contributed by atoms with Crippen LogP contribution in [-0.2, 0) is 4.79 Å². The molecule has 0 bridgehead atoms. The zero-order chi connectivity index (χ0) is 7.28. The molecule has 0 saturated heterocycles. The van der Waals surface area contributed by atoms with Crippen molar-refractivity contribution >= 4 is 5.78 Å². The highest BCUT2D eigenvalue weighted by molar-refractivity contribution is 5.77. The molecule has 2 nitrogen and oxygen atoms in total. The quantitative estimate of drug-likeness (QED) is 0.612. The summed E-state index contributed by atoms with van der Waals surface area (Å²) in [5.41, 5.74) is 0. The molecular weight excluding hydrogens is 114 g/mol. The van der Waals surface area contributed by atoms with Gasteiger partial charge in [-0.15, -0.1) is 0 Å². The normalized spacial score (nSPS) is 13.2. The van der Waals surface area contributed by atoms with Crippen molar-refractivity contribution in [3.05, 3.63) is 0 Å². The van der Waals surface area contributed by atoms with E-state index in [0.29, 0.717) is 12.6 Å². The van der Waals surface area contributed by atoms with Crippen LogP contribution in [0.2, 0.25) is 0 Å². The second-order valence-electron chi connectivity index (χ2n) is 2.39. The summed E-state index contributed by atoms with van der Waals surface area (Å²) in [7, 11) is 0. The Kier molecular flexibility index (Phi) is 4.32. The van der Waals surface area contributed by atoms with Crippen LogP contribution in [0, 0.1) is 0 Å². The molecule has 0 heterocycles. The van der Waals surface area contributed by atoms with E-state index >= 15 is 0 Å². The average molecular weight is 129 g/mol. The first-order chi connectivity index (χ1) is 4.16. The van der Waals surface area contributed by atoms with Gasteiger partial charge in [-0.1, -0.05) is 6.92 Å². The Morgan fingerprint density at radius 2 is 2.22 bits per heavy atom. The zero-order valence-electron chi connectivity index (χ0n) is 6.40. The third kappa shape index (κ3) is 5.50. The molecular formula is C7H15NO. The SMILES string of the molecule is CC[C@H](C)NCC(C)=O. The maximum Gasteiger partial charge on any atom is 0.143 e. The van der Waals surface area contributed by atoms with E-state index in [4.69, 9.17) is 0 Å². The molecule has 9 heavy (non-hydrogen) atoms. The van der Waals surface area contributed by atoms with Crippen LogP contribution in [0.3, 0.4) is 0 Å². The largest absolute Gasteiger partial charge is 0.308 e. The summed E-state index contributed by atoms with van der Waals surface area (Å²) >= 11 is 0. The molecule has 0 rings (SSSR count). The Bertz CT molecular complexity index is 90.9. The van der Waals surface area contributed by atoms with Crippen LogP contribution < -0.4 is 5.32 Å². The van der Waals surface area contributed by atoms with Crippen LogP contribution in [0.5, 0.6) is 0 Å². The number of nitrogens with one attached hydrogen (secondary N) is 1. The molecule has 0 unspecified atom stereocenters. The zero-order valence-corrected chi connectivity index (χ0v) is 6.40. The first kappa shape index (κ1) is 8.63. The van der Waals surface area contributed by atoms with Gasteiger partial charge in [0.25, 0.3) is 0 Å². The predicted molar refractivity (Wildman–Crippen MR) is 38.4 cm³/mol. The summed E-state index contributed by atoms with van der Waals surface area (Å²) in [6.45, 7) is 6.27. The number of hydrogen-bond acceptors (Lipinski definition) is 2. The first-order valence-electron chi connectivity index (χ1n) is 3.39. The molecule has 0 saturated carbocycles. The average Bonchev–Trinajstić information content (AvgIpc) is 1.83. The molecule has 0 amide bonds. The van der Waals surface area contributed by atoms with Gasteiger partial charge in [0.2, 0.25) is 0 Å². The number of carbonyl (C=O) groups is 1. The van der Waals surface area contributed by atoms with Crippen molar-refractivity contribution < 1.29 is 4.79 Å². The molecule has 0 aromatic rings. The maximum absolute atomic E-state index is 10.4. The summed E-state index contributed by atoms with van der Waals surface area (Å²) in [5.74, 6) is 0.204. The van der Waals surface area contributed by atoms with Crippen LogP contribution in [0.4, 0.5) is 0 Å². The van der Waals surface area contributed by atoms with Gasteiger partial charge in [0.15, 0.2) is 0 Å². The molecule has 0 radical (unpaired) electrons. The van der Waals surface area contributed by atoms with Gasteiger partial charge in [0.1, 0.15) is 5.78 Å². The molecule has 54 valence electrons. The highest BCUT2D eigenvalue weighted by Crippen LogP contribution is 1.85. The summed E-state index contributed by atoms with van der Waals surface area (Å²) < 4.78 is 0. The van der Waals surface area contributed by atoms with E-state index in [0.717, 1.165) is 6.42 Å².